The van der Waals surface area contributed by atoms with Gasteiger partial charge in [0.15, 0.2) is 6.10 Å². The topological polar surface area (TPSA) is 108 Å². The summed E-state index contributed by atoms with van der Waals surface area (Å²) >= 11 is 0. The van der Waals surface area contributed by atoms with E-state index in [2.05, 4.69) is 13.8 Å². The predicted octanol–water partition coefficient (Wildman–Crippen LogP) is 15.2. The molecule has 0 aliphatic heterocycles. The van der Waals surface area contributed by atoms with Gasteiger partial charge in [0.25, 0.3) is 6.29 Å². The highest BCUT2D eigenvalue weighted by molar-refractivity contribution is 5.71. The fourth-order valence-electron chi connectivity index (χ4n) is 8.13. The number of aliphatic carboxylic acids is 1. The summed E-state index contributed by atoms with van der Waals surface area (Å²) in [7, 11) is 5.96. The van der Waals surface area contributed by atoms with Gasteiger partial charge in [-0.1, -0.05) is 245 Å². The molecule has 0 aromatic heterocycles. The molecule has 2 atom stereocenters. The summed E-state index contributed by atoms with van der Waals surface area (Å²) in [6.45, 7) is 4.85. The van der Waals surface area contributed by atoms with Crippen LogP contribution in [-0.4, -0.2) is 87.4 Å². The van der Waals surface area contributed by atoms with E-state index in [1.807, 2.05) is 21.1 Å². The van der Waals surface area contributed by atoms with Crippen LogP contribution in [0.2, 0.25) is 0 Å². The summed E-state index contributed by atoms with van der Waals surface area (Å²) in [5.41, 5.74) is 0. The number of hydrogen-bond acceptors (Lipinski definition) is 7. The Balaban J connectivity index is 3.88. The molecule has 0 rings (SSSR count). The van der Waals surface area contributed by atoms with E-state index in [-0.39, 0.29) is 38.2 Å². The Morgan fingerprint density at radius 3 is 1.02 bits per heavy atom. The van der Waals surface area contributed by atoms with Gasteiger partial charge in [-0.25, -0.2) is 4.79 Å². The second kappa shape index (κ2) is 46.8. The fraction of sp³-hybridized carbons (Fsp3) is 0.944. The number of carboxylic acids is 1. The van der Waals surface area contributed by atoms with E-state index >= 15 is 0 Å². The lowest BCUT2D eigenvalue weighted by molar-refractivity contribution is -0.870. The molecule has 0 saturated carbocycles. The van der Waals surface area contributed by atoms with Gasteiger partial charge in [0.2, 0.25) is 0 Å². The molecule has 63 heavy (non-hydrogen) atoms. The molecule has 2 unspecified atom stereocenters. The van der Waals surface area contributed by atoms with Crippen LogP contribution in [0, 0.1) is 0 Å². The summed E-state index contributed by atoms with van der Waals surface area (Å²) in [4.78, 5) is 36.9. The van der Waals surface area contributed by atoms with E-state index in [0.717, 1.165) is 38.5 Å². The molecule has 0 radical (unpaired) electrons. The molecule has 0 aliphatic carbocycles. The maximum atomic E-state index is 12.8. The smallest absolute Gasteiger partial charge is 0.361 e. The van der Waals surface area contributed by atoms with Crippen molar-refractivity contribution >= 4 is 17.9 Å². The molecule has 0 amide bonds. The zero-order valence-corrected chi connectivity index (χ0v) is 42.5. The zero-order chi connectivity index (χ0) is 46.3. The summed E-state index contributed by atoms with van der Waals surface area (Å²) in [5.74, 6) is -2.00. The second-order valence-corrected chi connectivity index (χ2v) is 19.9. The number of esters is 2. The second-order valence-electron chi connectivity index (χ2n) is 19.9. The maximum Gasteiger partial charge on any atom is 0.361 e. The molecule has 0 spiro atoms. The molecule has 0 aromatic carbocycles. The lowest BCUT2D eigenvalue weighted by Gasteiger charge is -2.25. The first-order chi connectivity index (χ1) is 30.6. The van der Waals surface area contributed by atoms with E-state index in [1.165, 1.54) is 205 Å². The van der Waals surface area contributed by atoms with Crippen LogP contribution in [0.3, 0.4) is 0 Å². The lowest BCUT2D eigenvalue weighted by Crippen LogP contribution is -2.40. The molecular formula is C54H106NO8+. The molecular weight excluding hydrogens is 791 g/mol. The van der Waals surface area contributed by atoms with Gasteiger partial charge in [-0.05, 0) is 12.8 Å². The monoisotopic (exact) mass is 897 g/mol. The molecule has 9 heteroatoms. The Hall–Kier alpha value is -1.71. The van der Waals surface area contributed by atoms with Crippen LogP contribution < -0.4 is 0 Å². The van der Waals surface area contributed by atoms with Crippen molar-refractivity contribution in [3.63, 3.8) is 0 Å². The van der Waals surface area contributed by atoms with Gasteiger partial charge in [-0.3, -0.25) is 9.59 Å². The lowest BCUT2D eigenvalue weighted by atomic mass is 10.0. The third-order valence-electron chi connectivity index (χ3n) is 12.4. The summed E-state index contributed by atoms with van der Waals surface area (Å²) in [6, 6.07) is 0. The largest absolute Gasteiger partial charge is 0.477 e. The minimum atomic E-state index is -1.50. The SMILES string of the molecule is CCCCCCCCCCCCCCCCCCCCCCCCCCCCCCCCCCC(=O)OC(COC(=O)CCCCCCCC)COC(OCC[N+](C)(C)C)C(=O)O. The Labute approximate surface area is 390 Å². The van der Waals surface area contributed by atoms with E-state index < -0.39 is 18.4 Å². The number of hydrogen-bond donors (Lipinski definition) is 1. The highest BCUT2D eigenvalue weighted by Gasteiger charge is 2.25. The van der Waals surface area contributed by atoms with Crippen molar-refractivity contribution in [2.45, 2.75) is 283 Å². The van der Waals surface area contributed by atoms with Crippen LogP contribution in [0.1, 0.15) is 271 Å². The van der Waals surface area contributed by atoms with Gasteiger partial charge in [0, 0.05) is 12.8 Å². The Morgan fingerprint density at radius 1 is 0.413 bits per heavy atom. The van der Waals surface area contributed by atoms with Gasteiger partial charge in [0.1, 0.15) is 13.2 Å². The molecule has 9 nitrogen and oxygen atoms in total. The Morgan fingerprint density at radius 2 is 0.714 bits per heavy atom. The van der Waals surface area contributed by atoms with Crippen LogP contribution in [-0.2, 0) is 33.3 Å². The van der Waals surface area contributed by atoms with Crippen LogP contribution in [0.5, 0.6) is 0 Å². The van der Waals surface area contributed by atoms with E-state index in [0.29, 0.717) is 17.4 Å². The fourth-order valence-corrected chi connectivity index (χ4v) is 8.13. The minimum absolute atomic E-state index is 0.175. The number of quaternary nitrogens is 1. The van der Waals surface area contributed by atoms with Crippen LogP contribution in [0.25, 0.3) is 0 Å². The predicted molar refractivity (Wildman–Crippen MR) is 263 cm³/mol. The van der Waals surface area contributed by atoms with Crippen LogP contribution in [0.4, 0.5) is 0 Å². The third-order valence-corrected chi connectivity index (χ3v) is 12.4. The molecule has 0 bridgehead atoms. The number of carboxylic acid groups (broad SMARTS) is 1. The number of ether oxygens (including phenoxy) is 4. The zero-order valence-electron chi connectivity index (χ0n) is 42.5. The van der Waals surface area contributed by atoms with Gasteiger partial charge >= 0.3 is 17.9 Å². The quantitative estimate of drug-likeness (QED) is 0.0278. The number of unbranched alkanes of at least 4 members (excludes halogenated alkanes) is 36. The first kappa shape index (κ1) is 61.3. The summed E-state index contributed by atoms with van der Waals surface area (Å²) < 4.78 is 22.7. The first-order valence-electron chi connectivity index (χ1n) is 27.2. The van der Waals surface area contributed by atoms with Crippen molar-refractivity contribution in [3.05, 3.63) is 0 Å². The number of carbonyl (C=O) groups is 3. The Bertz CT molecular complexity index is 1000. The molecule has 374 valence electrons. The number of carbonyl (C=O) groups excluding carboxylic acids is 2. The van der Waals surface area contributed by atoms with Gasteiger partial charge in [0.05, 0.1) is 34.4 Å². The molecule has 0 fully saturated rings. The first-order valence-corrected chi connectivity index (χ1v) is 27.2. The van der Waals surface area contributed by atoms with Gasteiger partial charge in [-0.15, -0.1) is 0 Å². The van der Waals surface area contributed by atoms with Gasteiger partial charge in [-0.2, -0.15) is 0 Å². The van der Waals surface area contributed by atoms with Crippen molar-refractivity contribution in [1.82, 2.24) is 0 Å². The normalized spacial score (nSPS) is 12.7. The molecule has 1 N–H and O–H groups in total. The molecule has 0 aliphatic rings. The van der Waals surface area contributed by atoms with Crippen molar-refractivity contribution < 1.29 is 42.9 Å². The van der Waals surface area contributed by atoms with Crippen molar-refractivity contribution in [2.75, 3.05) is 47.5 Å². The number of nitrogens with zero attached hydrogens (tertiary/aromatic N) is 1. The maximum absolute atomic E-state index is 12.8. The highest BCUT2D eigenvalue weighted by Crippen LogP contribution is 2.18. The number of rotatable bonds is 51. The van der Waals surface area contributed by atoms with Crippen molar-refractivity contribution in [3.8, 4) is 0 Å². The molecule has 0 saturated heterocycles. The van der Waals surface area contributed by atoms with Crippen molar-refractivity contribution in [2.24, 2.45) is 0 Å². The molecule has 0 aromatic rings. The molecule has 0 heterocycles. The van der Waals surface area contributed by atoms with Gasteiger partial charge < -0.3 is 28.5 Å². The summed E-state index contributed by atoms with van der Waals surface area (Å²) in [5, 5.41) is 9.62. The Kier molecular flexibility index (Phi) is 45.5. The standard InChI is InChI=1S/C54H105NO8/c1-6-8-10-12-14-15-16-17-18-19-20-21-22-23-24-25-26-27-28-29-30-31-32-33-34-35-36-37-38-39-41-43-45-52(57)63-50(48-61-51(56)44-42-40-13-11-9-7-2)49-62-54(53(58)59)60-47-46-55(3,4)5/h50,54H,6-49H2,1-5H3/p+1. The van der Waals surface area contributed by atoms with E-state index in [9.17, 15) is 19.5 Å². The number of likely N-dealkylation sites (N-methyl/N-ethyl adjacent to an activating group) is 1. The van der Waals surface area contributed by atoms with Crippen LogP contribution in [0.15, 0.2) is 0 Å². The minimum Gasteiger partial charge on any atom is -0.477 e. The van der Waals surface area contributed by atoms with E-state index in [4.69, 9.17) is 18.9 Å². The summed E-state index contributed by atoms with van der Waals surface area (Å²) in [6.07, 6.45) is 48.1. The average molecular weight is 897 g/mol. The van der Waals surface area contributed by atoms with Crippen LogP contribution >= 0.6 is 0 Å². The van der Waals surface area contributed by atoms with E-state index in [1.54, 1.807) is 0 Å². The van der Waals surface area contributed by atoms with Crippen molar-refractivity contribution in [1.29, 1.82) is 0 Å². The average Bonchev–Trinajstić information content (AvgIpc) is 3.24. The highest BCUT2D eigenvalue weighted by atomic mass is 16.7. The third kappa shape index (κ3) is 48.1.